The number of alkyl halides is 3. The number of rotatable bonds is 10. The van der Waals surface area contributed by atoms with Gasteiger partial charge in [-0.3, -0.25) is 10.0 Å². The predicted octanol–water partition coefficient (Wildman–Crippen LogP) is 4.07. The Hall–Kier alpha value is -3.15. The van der Waals surface area contributed by atoms with Gasteiger partial charge in [-0.15, -0.1) is 0 Å². The Balaban J connectivity index is 0.000000505. The molecule has 1 saturated carbocycles. The molecular weight excluding hydrogens is 503 g/mol. The van der Waals surface area contributed by atoms with Crippen molar-refractivity contribution in [1.82, 2.24) is 15.7 Å². The summed E-state index contributed by atoms with van der Waals surface area (Å²) >= 11 is 0. The van der Waals surface area contributed by atoms with Gasteiger partial charge in [0.05, 0.1) is 6.61 Å². The van der Waals surface area contributed by atoms with Crippen molar-refractivity contribution in [2.45, 2.75) is 43.8 Å². The molecule has 2 fully saturated rings. The summed E-state index contributed by atoms with van der Waals surface area (Å²) in [7, 11) is 0. The number of nitrogens with zero attached hydrogens (tertiary/aromatic N) is 1. The van der Waals surface area contributed by atoms with E-state index in [-0.39, 0.29) is 0 Å². The molecule has 1 saturated heterocycles. The van der Waals surface area contributed by atoms with E-state index in [2.05, 4.69) is 40.5 Å². The molecule has 2 aromatic carbocycles. The second kappa shape index (κ2) is 14.1. The first-order valence-electron chi connectivity index (χ1n) is 12.7. The van der Waals surface area contributed by atoms with Crippen LogP contribution >= 0.6 is 0 Å². The second-order valence-corrected chi connectivity index (χ2v) is 9.52. The third-order valence-corrected chi connectivity index (χ3v) is 6.74. The first-order valence-corrected chi connectivity index (χ1v) is 12.7. The lowest BCUT2D eigenvalue weighted by atomic mass is 9.96. The summed E-state index contributed by atoms with van der Waals surface area (Å²) < 4.78 is 37.5. The molecule has 1 aliphatic carbocycles. The number of hydrogen-bond donors (Lipinski definition) is 4. The fourth-order valence-electron chi connectivity index (χ4n) is 4.47. The maximum absolute atomic E-state index is 11.3. The van der Waals surface area contributed by atoms with Gasteiger partial charge >= 0.3 is 12.1 Å². The van der Waals surface area contributed by atoms with Crippen LogP contribution in [0.15, 0.2) is 54.6 Å². The van der Waals surface area contributed by atoms with Crippen molar-refractivity contribution >= 4 is 11.9 Å². The number of carbonyl (C=O) groups excluding carboxylic acids is 1. The normalized spacial score (nSPS) is 19.7. The van der Waals surface area contributed by atoms with Gasteiger partial charge in [-0.1, -0.05) is 30.3 Å². The Kier molecular flexibility index (Phi) is 10.9. The Morgan fingerprint density at radius 3 is 2.24 bits per heavy atom. The number of hydrogen-bond acceptors (Lipinski definition) is 6. The lowest BCUT2D eigenvalue weighted by molar-refractivity contribution is -0.192. The van der Waals surface area contributed by atoms with Gasteiger partial charge in [0.1, 0.15) is 5.75 Å². The summed E-state index contributed by atoms with van der Waals surface area (Å²) in [4.78, 5) is 22.8. The molecule has 2 unspecified atom stereocenters. The van der Waals surface area contributed by atoms with Gasteiger partial charge in [-0.2, -0.15) is 13.2 Å². The number of piperidine rings is 1. The van der Waals surface area contributed by atoms with E-state index in [1.54, 1.807) is 29.7 Å². The largest absolute Gasteiger partial charge is 0.494 e. The Morgan fingerprint density at radius 2 is 1.66 bits per heavy atom. The van der Waals surface area contributed by atoms with Gasteiger partial charge in [0.2, 0.25) is 0 Å². The molecule has 0 radical (unpaired) electrons. The number of amides is 1. The van der Waals surface area contributed by atoms with Crippen LogP contribution in [0.2, 0.25) is 0 Å². The van der Waals surface area contributed by atoms with Crippen LogP contribution in [0, 0.1) is 5.92 Å². The lowest BCUT2D eigenvalue weighted by Gasteiger charge is -2.32. The van der Waals surface area contributed by atoms with E-state index in [4.69, 9.17) is 19.8 Å². The van der Waals surface area contributed by atoms with Gasteiger partial charge in [-0.25, -0.2) is 10.3 Å². The summed E-state index contributed by atoms with van der Waals surface area (Å²) in [6.07, 6.45) is -0.279. The molecule has 2 aromatic rings. The summed E-state index contributed by atoms with van der Waals surface area (Å²) in [6.45, 7) is 5.21. The first-order chi connectivity index (χ1) is 18.2. The van der Waals surface area contributed by atoms with Crippen molar-refractivity contribution in [3.63, 3.8) is 0 Å². The lowest BCUT2D eigenvalue weighted by Crippen LogP contribution is -2.38. The Morgan fingerprint density at radius 1 is 1.03 bits per heavy atom. The second-order valence-electron chi connectivity index (χ2n) is 9.52. The molecule has 1 aliphatic heterocycles. The van der Waals surface area contributed by atoms with Gasteiger partial charge in [0.25, 0.3) is 5.91 Å². The number of benzene rings is 2. The number of aliphatic carboxylic acids is 1. The highest BCUT2D eigenvalue weighted by Crippen LogP contribution is 2.40. The SMILES string of the molecule is O=C(NO)c1ccc(OCCCN2CCC(CNC3CC3c3ccccc3)CC2)cc1.O=C(O)C(F)(F)F. The molecule has 1 amide bonds. The number of halogens is 3. The molecule has 0 aromatic heterocycles. The maximum atomic E-state index is 11.3. The van der Waals surface area contributed by atoms with Gasteiger partial charge < -0.3 is 20.1 Å². The molecule has 208 valence electrons. The van der Waals surface area contributed by atoms with E-state index in [0.29, 0.717) is 24.1 Å². The van der Waals surface area contributed by atoms with E-state index in [0.717, 1.165) is 31.2 Å². The van der Waals surface area contributed by atoms with Crippen LogP contribution in [0.25, 0.3) is 0 Å². The molecule has 4 rings (SSSR count). The quantitative estimate of drug-likeness (QED) is 0.206. The minimum Gasteiger partial charge on any atom is -0.494 e. The Bertz CT molecular complexity index is 1010. The van der Waals surface area contributed by atoms with E-state index in [9.17, 15) is 18.0 Å². The smallest absolute Gasteiger partial charge is 0.490 e. The average Bonchev–Trinajstić information content (AvgIpc) is 3.71. The molecule has 1 heterocycles. The van der Waals surface area contributed by atoms with E-state index >= 15 is 0 Å². The first kappa shape index (κ1) is 29.4. The number of ether oxygens (including phenoxy) is 1. The number of likely N-dealkylation sites (tertiary alicyclic amines) is 1. The van der Waals surface area contributed by atoms with Crippen molar-refractivity contribution < 1.29 is 37.8 Å². The summed E-state index contributed by atoms with van der Waals surface area (Å²) in [6, 6.07) is 18.3. The van der Waals surface area contributed by atoms with Crippen LogP contribution in [-0.4, -0.2) is 72.1 Å². The zero-order valence-electron chi connectivity index (χ0n) is 21.0. The van der Waals surface area contributed by atoms with Crippen molar-refractivity contribution in [3.05, 3.63) is 65.7 Å². The van der Waals surface area contributed by atoms with Crippen LogP contribution in [0.4, 0.5) is 13.2 Å². The molecule has 0 spiro atoms. The van der Waals surface area contributed by atoms with Crippen molar-refractivity contribution in [3.8, 4) is 5.75 Å². The van der Waals surface area contributed by atoms with Gasteiger partial charge in [0, 0.05) is 24.1 Å². The number of carboxylic acid groups (broad SMARTS) is 1. The van der Waals surface area contributed by atoms with Crippen LogP contribution in [0.3, 0.4) is 0 Å². The van der Waals surface area contributed by atoms with Crippen molar-refractivity contribution in [2.24, 2.45) is 5.92 Å². The van der Waals surface area contributed by atoms with Gasteiger partial charge in [0.15, 0.2) is 0 Å². The van der Waals surface area contributed by atoms with Gasteiger partial charge in [-0.05, 0) is 81.1 Å². The highest BCUT2D eigenvalue weighted by molar-refractivity contribution is 5.93. The summed E-state index contributed by atoms with van der Waals surface area (Å²) in [5.74, 6) is -1.03. The van der Waals surface area contributed by atoms with Crippen LogP contribution in [0.5, 0.6) is 5.75 Å². The number of hydroxylamine groups is 1. The third kappa shape index (κ3) is 9.62. The minimum absolute atomic E-state index is 0.407. The number of nitrogens with one attached hydrogen (secondary N) is 2. The zero-order valence-corrected chi connectivity index (χ0v) is 21.0. The topological polar surface area (TPSA) is 111 Å². The molecule has 38 heavy (non-hydrogen) atoms. The molecule has 4 N–H and O–H groups in total. The number of carboxylic acids is 1. The zero-order chi connectivity index (χ0) is 27.5. The number of carbonyl (C=O) groups is 2. The summed E-state index contributed by atoms with van der Waals surface area (Å²) in [5.41, 5.74) is 3.51. The average molecular weight is 538 g/mol. The van der Waals surface area contributed by atoms with Crippen molar-refractivity contribution in [1.29, 1.82) is 0 Å². The van der Waals surface area contributed by atoms with Crippen LogP contribution in [0.1, 0.15) is 47.5 Å². The molecular formula is C27H34F3N3O5. The van der Waals surface area contributed by atoms with E-state index in [1.807, 2.05) is 0 Å². The predicted molar refractivity (Wildman–Crippen MR) is 134 cm³/mol. The fourth-order valence-corrected chi connectivity index (χ4v) is 4.47. The monoisotopic (exact) mass is 537 g/mol. The minimum atomic E-state index is -5.08. The van der Waals surface area contributed by atoms with Crippen molar-refractivity contribution in [2.75, 3.05) is 32.8 Å². The molecule has 0 bridgehead atoms. The van der Waals surface area contributed by atoms with E-state index in [1.165, 1.54) is 37.9 Å². The van der Waals surface area contributed by atoms with Crippen LogP contribution < -0.4 is 15.5 Å². The maximum Gasteiger partial charge on any atom is 0.490 e. The Labute approximate surface area is 219 Å². The molecule has 2 aliphatic rings. The highest BCUT2D eigenvalue weighted by atomic mass is 19.4. The fraction of sp³-hybridized carbons (Fsp3) is 0.481. The van der Waals surface area contributed by atoms with Crippen LogP contribution in [-0.2, 0) is 4.79 Å². The highest BCUT2D eigenvalue weighted by Gasteiger charge is 2.38. The molecule has 11 heteroatoms. The third-order valence-electron chi connectivity index (χ3n) is 6.74. The molecule has 2 atom stereocenters. The standard InChI is InChI=1S/C25H33N3O3.C2HF3O2/c29-25(27-30)21-7-9-22(10-8-21)31-16-4-13-28-14-11-19(12-15-28)18-26-24-17-23(24)20-5-2-1-3-6-20;3-2(4,5)1(6)7/h1-3,5-10,19,23-24,26,30H,4,11-18H2,(H,27,29);(H,6,7). The summed E-state index contributed by atoms with van der Waals surface area (Å²) in [5, 5.41) is 19.6. The molecule has 8 nitrogen and oxygen atoms in total. The van der Waals surface area contributed by atoms with E-state index < -0.39 is 18.1 Å².